The van der Waals surface area contributed by atoms with Crippen LogP contribution in [0.1, 0.15) is 26.3 Å². The van der Waals surface area contributed by atoms with Crippen LogP contribution in [-0.2, 0) is 16.0 Å². The molecule has 0 atom stereocenters. The molecule has 0 radical (unpaired) electrons. The molecule has 0 unspecified atom stereocenters. The van der Waals surface area contributed by atoms with Gasteiger partial charge in [0.1, 0.15) is 4.32 Å². The number of rotatable bonds is 6. The number of ether oxygens (including phenoxy) is 1. The van der Waals surface area contributed by atoms with Gasteiger partial charge in [0.25, 0.3) is 0 Å². The Kier molecular flexibility index (Phi) is 7.62. The molecule has 0 aromatic heterocycles. The van der Waals surface area contributed by atoms with E-state index in [1.165, 1.54) is 11.8 Å². The number of nitrogens with zero attached hydrogens (tertiary/aromatic N) is 1. The average molecular weight is 311 g/mol. The van der Waals surface area contributed by atoms with Gasteiger partial charge < -0.3 is 9.64 Å². The SMILES string of the molecule is CCOC(=O)Cc1ccccc1SC(=S)N(CC)CC. The average Bonchev–Trinajstić information content (AvgIpc) is 2.42. The van der Waals surface area contributed by atoms with Crippen LogP contribution in [-0.4, -0.2) is 34.9 Å². The fraction of sp³-hybridized carbons (Fsp3) is 0.467. The predicted molar refractivity (Wildman–Crippen MR) is 88.2 cm³/mol. The zero-order valence-electron chi connectivity index (χ0n) is 12.2. The third-order valence-electron chi connectivity index (χ3n) is 2.83. The second kappa shape index (κ2) is 8.97. The van der Waals surface area contributed by atoms with Gasteiger partial charge in [-0.05, 0) is 32.4 Å². The summed E-state index contributed by atoms with van der Waals surface area (Å²) in [4.78, 5) is 14.8. The maximum absolute atomic E-state index is 11.6. The number of carbonyl (C=O) groups excluding carboxylic acids is 1. The molecule has 0 bridgehead atoms. The van der Waals surface area contributed by atoms with Gasteiger partial charge in [0.15, 0.2) is 0 Å². The van der Waals surface area contributed by atoms with Crippen LogP contribution in [0.4, 0.5) is 0 Å². The zero-order chi connectivity index (χ0) is 15.0. The van der Waals surface area contributed by atoms with E-state index in [0.29, 0.717) is 6.61 Å². The van der Waals surface area contributed by atoms with Crippen molar-refractivity contribution in [2.45, 2.75) is 32.1 Å². The molecular formula is C15H21NO2S2. The highest BCUT2D eigenvalue weighted by Gasteiger charge is 2.13. The van der Waals surface area contributed by atoms with E-state index < -0.39 is 0 Å². The minimum absolute atomic E-state index is 0.200. The van der Waals surface area contributed by atoms with E-state index in [2.05, 4.69) is 18.7 Å². The van der Waals surface area contributed by atoms with Crippen LogP contribution in [0.25, 0.3) is 0 Å². The van der Waals surface area contributed by atoms with Crippen molar-refractivity contribution in [3.05, 3.63) is 29.8 Å². The minimum Gasteiger partial charge on any atom is -0.466 e. The Hall–Kier alpha value is -1.07. The Labute approximate surface area is 130 Å². The van der Waals surface area contributed by atoms with Crippen molar-refractivity contribution in [2.75, 3.05) is 19.7 Å². The monoisotopic (exact) mass is 311 g/mol. The quantitative estimate of drug-likeness (QED) is 0.456. The molecule has 1 aromatic rings. The lowest BCUT2D eigenvalue weighted by Crippen LogP contribution is -2.26. The molecule has 0 aliphatic heterocycles. The van der Waals surface area contributed by atoms with E-state index in [1.54, 1.807) is 0 Å². The molecular weight excluding hydrogens is 290 g/mol. The van der Waals surface area contributed by atoms with Gasteiger partial charge in [-0.15, -0.1) is 0 Å². The lowest BCUT2D eigenvalue weighted by atomic mass is 10.1. The summed E-state index contributed by atoms with van der Waals surface area (Å²) < 4.78 is 5.84. The van der Waals surface area contributed by atoms with E-state index in [4.69, 9.17) is 17.0 Å². The molecule has 0 spiro atoms. The highest BCUT2D eigenvalue weighted by Crippen LogP contribution is 2.26. The van der Waals surface area contributed by atoms with Crippen LogP contribution in [0.2, 0.25) is 0 Å². The predicted octanol–water partition coefficient (Wildman–Crippen LogP) is 3.51. The molecule has 0 aliphatic carbocycles. The fourth-order valence-electron chi connectivity index (χ4n) is 1.76. The Balaban J connectivity index is 2.80. The minimum atomic E-state index is -0.200. The van der Waals surface area contributed by atoms with E-state index in [0.717, 1.165) is 27.9 Å². The molecule has 5 heteroatoms. The summed E-state index contributed by atoms with van der Waals surface area (Å²) >= 11 is 6.99. The van der Waals surface area contributed by atoms with Gasteiger partial charge in [-0.2, -0.15) is 0 Å². The third kappa shape index (κ3) is 5.13. The van der Waals surface area contributed by atoms with E-state index in [1.807, 2.05) is 31.2 Å². The molecule has 0 saturated heterocycles. The first-order valence-corrected chi connectivity index (χ1v) is 8.05. The second-order valence-corrected chi connectivity index (χ2v) is 5.81. The van der Waals surface area contributed by atoms with Gasteiger partial charge in [0.05, 0.1) is 13.0 Å². The lowest BCUT2D eigenvalue weighted by molar-refractivity contribution is -0.142. The summed E-state index contributed by atoms with van der Waals surface area (Å²) in [6.45, 7) is 8.17. The lowest BCUT2D eigenvalue weighted by Gasteiger charge is -2.21. The van der Waals surface area contributed by atoms with Crippen LogP contribution in [0, 0.1) is 0 Å². The van der Waals surface area contributed by atoms with Crippen LogP contribution < -0.4 is 0 Å². The summed E-state index contributed by atoms with van der Waals surface area (Å²) in [6, 6.07) is 7.83. The topological polar surface area (TPSA) is 29.5 Å². The van der Waals surface area contributed by atoms with Crippen LogP contribution >= 0.6 is 24.0 Å². The number of thioether (sulfide) groups is 1. The van der Waals surface area contributed by atoms with Gasteiger partial charge in [-0.3, -0.25) is 4.79 Å². The van der Waals surface area contributed by atoms with Crippen molar-refractivity contribution in [3.8, 4) is 0 Å². The van der Waals surface area contributed by atoms with Crippen molar-refractivity contribution in [1.29, 1.82) is 0 Å². The van der Waals surface area contributed by atoms with Gasteiger partial charge in [-0.1, -0.05) is 42.2 Å². The summed E-state index contributed by atoms with van der Waals surface area (Å²) in [5, 5.41) is 0. The van der Waals surface area contributed by atoms with E-state index in [9.17, 15) is 4.79 Å². The van der Waals surface area contributed by atoms with Crippen molar-refractivity contribution in [1.82, 2.24) is 4.90 Å². The number of hydrogen-bond acceptors (Lipinski definition) is 4. The standard InChI is InChI=1S/C15H21NO2S2/c1-4-16(5-2)15(19)20-13-10-8-7-9-12(13)11-14(17)18-6-3/h7-10H,4-6,11H2,1-3H3. The molecule has 1 aromatic carbocycles. The third-order valence-corrected chi connectivity index (χ3v) is 4.39. The molecule has 0 aliphatic rings. The highest BCUT2D eigenvalue weighted by molar-refractivity contribution is 8.23. The Morgan fingerprint density at radius 1 is 1.25 bits per heavy atom. The summed E-state index contributed by atoms with van der Waals surface area (Å²) in [7, 11) is 0. The maximum atomic E-state index is 11.6. The fourth-order valence-corrected chi connectivity index (χ4v) is 3.28. The first-order valence-electron chi connectivity index (χ1n) is 6.82. The van der Waals surface area contributed by atoms with E-state index >= 15 is 0 Å². The molecule has 0 N–H and O–H groups in total. The Bertz CT molecular complexity index is 459. The number of thiocarbonyl (C=S) groups is 1. The Morgan fingerprint density at radius 3 is 2.50 bits per heavy atom. The van der Waals surface area contributed by atoms with Gasteiger partial charge in [0.2, 0.25) is 0 Å². The molecule has 110 valence electrons. The highest BCUT2D eigenvalue weighted by atomic mass is 32.2. The zero-order valence-corrected chi connectivity index (χ0v) is 13.9. The number of esters is 1. The van der Waals surface area contributed by atoms with E-state index in [-0.39, 0.29) is 12.4 Å². The van der Waals surface area contributed by atoms with Gasteiger partial charge in [0, 0.05) is 18.0 Å². The second-order valence-electron chi connectivity index (χ2n) is 4.13. The number of carbonyl (C=O) groups is 1. The number of benzene rings is 1. The first kappa shape index (κ1) is 17.0. The van der Waals surface area contributed by atoms with Crippen molar-refractivity contribution >= 4 is 34.3 Å². The molecule has 0 saturated carbocycles. The summed E-state index contributed by atoms with van der Waals surface area (Å²) in [6.07, 6.45) is 0.290. The van der Waals surface area contributed by atoms with Gasteiger partial charge in [-0.25, -0.2) is 0 Å². The van der Waals surface area contributed by atoms with Crippen molar-refractivity contribution in [3.63, 3.8) is 0 Å². The first-order chi connectivity index (χ1) is 9.62. The normalized spacial score (nSPS) is 10.2. The number of hydrogen-bond donors (Lipinski definition) is 0. The Morgan fingerprint density at radius 2 is 1.90 bits per heavy atom. The summed E-state index contributed by atoms with van der Waals surface area (Å²) in [5.41, 5.74) is 0.963. The molecule has 3 nitrogen and oxygen atoms in total. The molecule has 0 heterocycles. The smallest absolute Gasteiger partial charge is 0.310 e. The van der Waals surface area contributed by atoms with Crippen LogP contribution in [0.3, 0.4) is 0 Å². The summed E-state index contributed by atoms with van der Waals surface area (Å²) in [5.74, 6) is -0.200. The molecule has 0 amide bonds. The largest absolute Gasteiger partial charge is 0.466 e. The maximum Gasteiger partial charge on any atom is 0.310 e. The molecule has 0 fully saturated rings. The van der Waals surface area contributed by atoms with Crippen molar-refractivity contribution < 1.29 is 9.53 Å². The van der Waals surface area contributed by atoms with Crippen LogP contribution in [0.15, 0.2) is 29.2 Å². The molecule has 20 heavy (non-hydrogen) atoms. The van der Waals surface area contributed by atoms with Crippen LogP contribution in [0.5, 0.6) is 0 Å². The molecule has 1 rings (SSSR count). The van der Waals surface area contributed by atoms with Gasteiger partial charge >= 0.3 is 5.97 Å². The van der Waals surface area contributed by atoms with Crippen molar-refractivity contribution in [2.24, 2.45) is 0 Å².